The first kappa shape index (κ1) is 21.3. The van der Waals surface area contributed by atoms with E-state index < -0.39 is 11.2 Å². The number of methoxy groups -OCH3 is 2. The van der Waals surface area contributed by atoms with Gasteiger partial charge < -0.3 is 24.2 Å². The Bertz CT molecular complexity index is 1110. The van der Waals surface area contributed by atoms with Crippen LogP contribution in [-0.2, 0) is 16.6 Å². The minimum absolute atomic E-state index is 0.0267. The van der Waals surface area contributed by atoms with Gasteiger partial charge in [0.25, 0.3) is 0 Å². The van der Waals surface area contributed by atoms with Crippen LogP contribution in [0.5, 0.6) is 11.5 Å². The summed E-state index contributed by atoms with van der Waals surface area (Å²) in [6.45, 7) is 8.91. The number of rotatable bonds is 3. The van der Waals surface area contributed by atoms with Crippen molar-refractivity contribution in [2.24, 2.45) is 16.7 Å². The Hall–Kier alpha value is -2.23. The lowest BCUT2D eigenvalue weighted by atomic mass is 9.35. The van der Waals surface area contributed by atoms with Gasteiger partial charge in [-0.25, -0.2) is 0 Å². The molecule has 33 heavy (non-hydrogen) atoms. The SMILES string of the molecule is COc1ccc2c3c1O[C@H]1[C@@]4(OC)C=C[C@@]5(C[C@@H]4[C@](C)(O)C(C)(C)C)[C@@H](C2)N(C#N)CC[C@]315. The van der Waals surface area contributed by atoms with E-state index in [-0.39, 0.29) is 34.3 Å². The fourth-order valence-corrected chi connectivity index (χ4v) is 8.27. The number of fused-ring (bicyclic) bond motifs is 1. The first-order chi connectivity index (χ1) is 15.5. The van der Waals surface area contributed by atoms with E-state index in [4.69, 9.17) is 14.2 Å². The lowest BCUT2D eigenvalue weighted by Gasteiger charge is -2.72. The summed E-state index contributed by atoms with van der Waals surface area (Å²) in [7, 11) is 3.44. The third kappa shape index (κ3) is 2.05. The molecule has 4 aliphatic carbocycles. The fraction of sp³-hybridized carbons (Fsp3) is 0.667. The highest BCUT2D eigenvalue weighted by Gasteiger charge is 2.81. The van der Waals surface area contributed by atoms with Crippen LogP contribution in [-0.4, -0.2) is 54.1 Å². The van der Waals surface area contributed by atoms with E-state index in [9.17, 15) is 10.4 Å². The van der Waals surface area contributed by atoms with Gasteiger partial charge in [-0.1, -0.05) is 39.0 Å². The quantitative estimate of drug-likeness (QED) is 0.561. The third-order valence-electron chi connectivity index (χ3n) is 10.3. The molecule has 1 N–H and O–H groups in total. The second-order valence-corrected chi connectivity index (χ2v) is 11.9. The van der Waals surface area contributed by atoms with Crippen molar-refractivity contribution in [2.45, 2.75) is 75.7 Å². The molecule has 2 fully saturated rings. The number of aliphatic hydroxyl groups is 1. The second-order valence-electron chi connectivity index (χ2n) is 11.9. The van der Waals surface area contributed by atoms with Crippen molar-refractivity contribution >= 4 is 0 Å². The summed E-state index contributed by atoms with van der Waals surface area (Å²) in [4.78, 5) is 1.98. The summed E-state index contributed by atoms with van der Waals surface area (Å²) in [5, 5.41) is 22.2. The molecule has 0 aromatic heterocycles. The van der Waals surface area contributed by atoms with Crippen molar-refractivity contribution in [3.8, 4) is 17.7 Å². The predicted octanol–water partition coefficient (Wildman–Crippen LogP) is 3.56. The van der Waals surface area contributed by atoms with Crippen molar-refractivity contribution in [3.63, 3.8) is 0 Å². The highest BCUT2D eigenvalue weighted by atomic mass is 16.6. The molecule has 0 unspecified atom stereocenters. The first-order valence-electron chi connectivity index (χ1n) is 12.1. The zero-order valence-electron chi connectivity index (χ0n) is 20.4. The highest BCUT2D eigenvalue weighted by molar-refractivity contribution is 5.65. The van der Waals surface area contributed by atoms with Gasteiger partial charge in [-0.15, -0.1) is 0 Å². The number of hydrogen-bond acceptors (Lipinski definition) is 6. The molecule has 0 amide bonds. The Kier molecular flexibility index (Phi) is 3.91. The Morgan fingerprint density at radius 2 is 1.97 bits per heavy atom. The number of hydrogen-bond donors (Lipinski definition) is 1. The summed E-state index contributed by atoms with van der Waals surface area (Å²) in [5.41, 5.74) is -0.303. The lowest BCUT2D eigenvalue weighted by molar-refractivity contribution is -0.260. The molecule has 1 saturated carbocycles. The summed E-state index contributed by atoms with van der Waals surface area (Å²) in [6, 6.07) is 4.17. The maximum absolute atomic E-state index is 12.1. The second kappa shape index (κ2) is 6.06. The van der Waals surface area contributed by atoms with Crippen LogP contribution < -0.4 is 9.47 Å². The molecule has 0 radical (unpaired) electrons. The molecule has 1 aromatic carbocycles. The van der Waals surface area contributed by atoms with E-state index in [2.05, 4.69) is 45.2 Å². The maximum Gasteiger partial charge on any atom is 0.179 e. The monoisotopic (exact) mass is 450 g/mol. The standard InChI is InChI=1S/C27H34N2O4/c1-23(2,3)24(4,30)18-14-25-9-10-27(18,32-6)22-26(25)11-12-29(15-28)19(25)13-16-7-8-17(31-5)21(33-22)20(16)26/h7-10,18-19,22,30H,11-14H2,1-6H3/t18-,19-,22-,24+,25-,26+,27-/m1/s1. The van der Waals surface area contributed by atoms with Gasteiger partial charge in [-0.2, -0.15) is 5.26 Å². The minimum atomic E-state index is -1.02. The van der Waals surface area contributed by atoms with Crippen LogP contribution >= 0.6 is 0 Å². The molecule has 6 aliphatic rings. The van der Waals surface area contributed by atoms with Crippen LogP contribution in [0.15, 0.2) is 24.3 Å². The number of likely N-dealkylation sites (tertiary alicyclic amines) is 1. The van der Waals surface area contributed by atoms with Crippen molar-refractivity contribution in [3.05, 3.63) is 35.4 Å². The van der Waals surface area contributed by atoms with Crippen molar-refractivity contribution < 1.29 is 19.3 Å². The van der Waals surface area contributed by atoms with Gasteiger partial charge in [0.05, 0.1) is 24.2 Å². The number of benzene rings is 1. The Labute approximate surface area is 196 Å². The maximum atomic E-state index is 12.1. The molecule has 1 saturated heterocycles. The van der Waals surface area contributed by atoms with Crippen LogP contribution in [0.4, 0.5) is 0 Å². The molecule has 176 valence electrons. The largest absolute Gasteiger partial charge is 0.493 e. The van der Waals surface area contributed by atoms with Crippen LogP contribution in [0.3, 0.4) is 0 Å². The predicted molar refractivity (Wildman–Crippen MR) is 123 cm³/mol. The number of nitriles is 1. The van der Waals surface area contributed by atoms with Gasteiger partial charge >= 0.3 is 0 Å². The molecule has 2 aliphatic heterocycles. The van der Waals surface area contributed by atoms with Gasteiger partial charge in [-0.3, -0.25) is 0 Å². The van der Waals surface area contributed by atoms with Crippen molar-refractivity contribution in [2.75, 3.05) is 20.8 Å². The fourth-order valence-electron chi connectivity index (χ4n) is 8.27. The molecular formula is C27H34N2O4. The topological polar surface area (TPSA) is 75.0 Å². The van der Waals surface area contributed by atoms with Gasteiger partial charge in [0.15, 0.2) is 17.7 Å². The molecule has 7 atom stereocenters. The Morgan fingerprint density at radius 3 is 2.61 bits per heavy atom. The Balaban J connectivity index is 1.68. The normalized spacial score (nSPS) is 41.2. The molecule has 2 heterocycles. The van der Waals surface area contributed by atoms with Crippen LogP contribution in [0.2, 0.25) is 0 Å². The van der Waals surface area contributed by atoms with Crippen molar-refractivity contribution in [1.29, 1.82) is 5.26 Å². The molecule has 4 bridgehead atoms. The first-order valence-corrected chi connectivity index (χ1v) is 12.1. The van der Waals surface area contributed by atoms with Gasteiger partial charge in [0, 0.05) is 30.6 Å². The molecule has 6 nitrogen and oxygen atoms in total. The van der Waals surface area contributed by atoms with E-state index in [1.54, 1.807) is 14.2 Å². The van der Waals surface area contributed by atoms with Crippen LogP contribution in [0.1, 0.15) is 51.7 Å². The minimum Gasteiger partial charge on any atom is -0.493 e. The smallest absolute Gasteiger partial charge is 0.179 e. The summed E-state index contributed by atoms with van der Waals surface area (Å²) in [6.07, 6.45) is 9.06. The van der Waals surface area contributed by atoms with Gasteiger partial charge in [0.2, 0.25) is 0 Å². The van der Waals surface area contributed by atoms with Gasteiger partial charge in [0.1, 0.15) is 11.7 Å². The molecule has 7 rings (SSSR count). The Morgan fingerprint density at radius 1 is 1.21 bits per heavy atom. The zero-order valence-corrected chi connectivity index (χ0v) is 20.4. The molecule has 2 spiro atoms. The number of nitrogens with zero attached hydrogens (tertiary/aromatic N) is 2. The number of ether oxygens (including phenoxy) is 3. The average Bonchev–Trinajstić information content (AvgIpc) is 3.15. The van der Waals surface area contributed by atoms with E-state index in [0.717, 1.165) is 30.8 Å². The van der Waals surface area contributed by atoms with Gasteiger partial charge in [-0.05, 0) is 43.2 Å². The summed E-state index contributed by atoms with van der Waals surface area (Å²) < 4.78 is 19.1. The van der Waals surface area contributed by atoms with E-state index in [0.29, 0.717) is 6.54 Å². The summed E-state index contributed by atoms with van der Waals surface area (Å²) in [5.74, 6) is 1.38. The highest BCUT2D eigenvalue weighted by Crippen LogP contribution is 2.76. The van der Waals surface area contributed by atoms with Crippen molar-refractivity contribution in [1.82, 2.24) is 4.90 Å². The lowest BCUT2D eigenvalue weighted by Crippen LogP contribution is -2.81. The summed E-state index contributed by atoms with van der Waals surface area (Å²) >= 11 is 0. The average molecular weight is 451 g/mol. The van der Waals surface area contributed by atoms with E-state index >= 15 is 0 Å². The van der Waals surface area contributed by atoms with E-state index in [1.807, 2.05) is 17.9 Å². The molecule has 6 heteroatoms. The number of piperidine rings is 1. The molecule has 1 aromatic rings. The van der Waals surface area contributed by atoms with Crippen LogP contribution in [0.25, 0.3) is 0 Å². The van der Waals surface area contributed by atoms with E-state index in [1.165, 1.54) is 11.1 Å². The zero-order chi connectivity index (χ0) is 23.6. The third-order valence-corrected chi connectivity index (χ3v) is 10.3. The van der Waals surface area contributed by atoms with Crippen LogP contribution in [0, 0.1) is 28.2 Å². The molecular weight excluding hydrogens is 416 g/mol.